The Labute approximate surface area is 121 Å². The molecule has 0 bridgehead atoms. The first kappa shape index (κ1) is 15.0. The van der Waals surface area contributed by atoms with Crippen LogP contribution in [0.25, 0.3) is 5.57 Å². The molecule has 1 aromatic carbocycles. The van der Waals surface area contributed by atoms with Crippen LogP contribution >= 0.6 is 0 Å². The molecule has 2 N–H and O–H groups in total. The molecule has 0 amide bonds. The standard InChI is InChI=1S/C18H24O2/c1-12(2)14-6-5-7-16(10-14)17-11-15(13(3)4)8-9-18(17,19)20/h5-8,10-13,19-20H,9H2,1-4H3. The zero-order chi connectivity index (χ0) is 14.9. The molecule has 108 valence electrons. The number of benzene rings is 1. The molecule has 0 saturated heterocycles. The zero-order valence-corrected chi connectivity index (χ0v) is 12.7. The Morgan fingerprint density at radius 2 is 1.75 bits per heavy atom. The summed E-state index contributed by atoms with van der Waals surface area (Å²) in [6.07, 6.45) is 4.09. The van der Waals surface area contributed by atoms with Gasteiger partial charge in [0.05, 0.1) is 0 Å². The van der Waals surface area contributed by atoms with E-state index < -0.39 is 5.79 Å². The Morgan fingerprint density at radius 1 is 1.05 bits per heavy atom. The van der Waals surface area contributed by atoms with Crippen LogP contribution in [0.3, 0.4) is 0 Å². The normalized spacial score (nSPS) is 18.2. The average Bonchev–Trinajstić information content (AvgIpc) is 2.38. The summed E-state index contributed by atoms with van der Waals surface area (Å²) >= 11 is 0. The minimum atomic E-state index is -1.77. The molecule has 0 spiro atoms. The average molecular weight is 272 g/mol. The van der Waals surface area contributed by atoms with Gasteiger partial charge in [0.25, 0.3) is 0 Å². The van der Waals surface area contributed by atoms with Crippen molar-refractivity contribution in [1.29, 1.82) is 0 Å². The quantitative estimate of drug-likeness (QED) is 0.820. The van der Waals surface area contributed by atoms with E-state index in [1.54, 1.807) is 0 Å². The lowest BCUT2D eigenvalue weighted by Gasteiger charge is -2.29. The molecule has 1 aliphatic rings. The van der Waals surface area contributed by atoms with Gasteiger partial charge in [-0.25, -0.2) is 0 Å². The van der Waals surface area contributed by atoms with Gasteiger partial charge in [-0.2, -0.15) is 0 Å². The molecule has 0 unspecified atom stereocenters. The number of hydrogen-bond donors (Lipinski definition) is 2. The largest absolute Gasteiger partial charge is 0.362 e. The molecule has 2 heteroatoms. The summed E-state index contributed by atoms with van der Waals surface area (Å²) < 4.78 is 0. The molecule has 0 fully saturated rings. The van der Waals surface area contributed by atoms with Crippen LogP contribution in [0.5, 0.6) is 0 Å². The highest BCUT2D eigenvalue weighted by atomic mass is 16.5. The van der Waals surface area contributed by atoms with Crippen LogP contribution < -0.4 is 0 Å². The highest BCUT2D eigenvalue weighted by Crippen LogP contribution is 2.36. The molecule has 2 nitrogen and oxygen atoms in total. The predicted octanol–water partition coefficient (Wildman–Crippen LogP) is 3.86. The van der Waals surface area contributed by atoms with Crippen molar-refractivity contribution in [3.63, 3.8) is 0 Å². The van der Waals surface area contributed by atoms with Crippen LogP contribution in [-0.4, -0.2) is 16.0 Å². The molecule has 0 heterocycles. The van der Waals surface area contributed by atoms with Gasteiger partial charge in [-0.05, 0) is 34.6 Å². The topological polar surface area (TPSA) is 40.5 Å². The Bertz CT molecular complexity index is 548. The van der Waals surface area contributed by atoms with Crippen LogP contribution in [-0.2, 0) is 0 Å². The van der Waals surface area contributed by atoms with Crippen molar-refractivity contribution in [1.82, 2.24) is 0 Å². The predicted molar refractivity (Wildman–Crippen MR) is 83.2 cm³/mol. The van der Waals surface area contributed by atoms with Crippen molar-refractivity contribution in [2.24, 2.45) is 5.92 Å². The summed E-state index contributed by atoms with van der Waals surface area (Å²) in [6, 6.07) is 8.06. The summed E-state index contributed by atoms with van der Waals surface area (Å²) in [5.41, 5.74) is 3.87. The zero-order valence-electron chi connectivity index (χ0n) is 12.7. The van der Waals surface area contributed by atoms with Gasteiger partial charge in [0.1, 0.15) is 0 Å². The Hall–Kier alpha value is -1.38. The molecule has 0 atom stereocenters. The van der Waals surface area contributed by atoms with E-state index in [0.717, 1.165) is 11.1 Å². The lowest BCUT2D eigenvalue weighted by atomic mass is 9.84. The second-order valence-corrected chi connectivity index (χ2v) is 6.22. The van der Waals surface area contributed by atoms with Crippen LogP contribution in [0.1, 0.15) is 51.2 Å². The van der Waals surface area contributed by atoms with E-state index in [9.17, 15) is 10.2 Å². The highest BCUT2D eigenvalue weighted by Gasteiger charge is 2.32. The number of rotatable bonds is 3. The molecule has 1 aromatic rings. The monoisotopic (exact) mass is 272 g/mol. The van der Waals surface area contributed by atoms with Crippen LogP contribution in [0, 0.1) is 5.92 Å². The minimum Gasteiger partial charge on any atom is -0.362 e. The lowest BCUT2D eigenvalue weighted by Crippen LogP contribution is -2.31. The summed E-state index contributed by atoms with van der Waals surface area (Å²) in [5, 5.41) is 20.5. The Balaban J connectivity index is 2.47. The third kappa shape index (κ3) is 3.02. The van der Waals surface area contributed by atoms with E-state index >= 15 is 0 Å². The van der Waals surface area contributed by atoms with E-state index in [2.05, 4.69) is 39.8 Å². The third-order valence-corrected chi connectivity index (χ3v) is 3.90. The van der Waals surface area contributed by atoms with Gasteiger partial charge in [-0.15, -0.1) is 0 Å². The van der Waals surface area contributed by atoms with E-state index in [1.807, 2.05) is 24.3 Å². The molecule has 20 heavy (non-hydrogen) atoms. The van der Waals surface area contributed by atoms with Gasteiger partial charge < -0.3 is 10.2 Å². The van der Waals surface area contributed by atoms with Crippen molar-refractivity contribution in [3.05, 3.63) is 53.1 Å². The molecular formula is C18H24O2. The molecule has 1 aliphatic carbocycles. The fourth-order valence-electron chi connectivity index (χ4n) is 2.49. The summed E-state index contributed by atoms with van der Waals surface area (Å²) in [5.74, 6) is -0.964. The lowest BCUT2D eigenvalue weighted by molar-refractivity contribution is -0.105. The van der Waals surface area contributed by atoms with Crippen molar-refractivity contribution < 1.29 is 10.2 Å². The molecule has 0 radical (unpaired) electrons. The van der Waals surface area contributed by atoms with Gasteiger partial charge in [-0.3, -0.25) is 0 Å². The second-order valence-electron chi connectivity index (χ2n) is 6.22. The van der Waals surface area contributed by atoms with Crippen molar-refractivity contribution in [2.45, 2.75) is 45.8 Å². The fraction of sp³-hybridized carbons (Fsp3) is 0.444. The summed E-state index contributed by atoms with van der Waals surface area (Å²) in [7, 11) is 0. The van der Waals surface area contributed by atoms with E-state index in [4.69, 9.17) is 0 Å². The van der Waals surface area contributed by atoms with Gasteiger partial charge in [0.2, 0.25) is 0 Å². The first-order valence-corrected chi connectivity index (χ1v) is 7.28. The van der Waals surface area contributed by atoms with Gasteiger partial charge >= 0.3 is 0 Å². The number of hydrogen-bond acceptors (Lipinski definition) is 2. The van der Waals surface area contributed by atoms with Crippen molar-refractivity contribution in [3.8, 4) is 0 Å². The molecular weight excluding hydrogens is 248 g/mol. The number of aliphatic hydroxyl groups is 2. The minimum absolute atomic E-state index is 0.248. The smallest absolute Gasteiger partial charge is 0.193 e. The maximum absolute atomic E-state index is 10.3. The first-order chi connectivity index (χ1) is 9.31. The molecule has 0 aliphatic heterocycles. The maximum atomic E-state index is 10.3. The van der Waals surface area contributed by atoms with Crippen LogP contribution in [0.2, 0.25) is 0 Å². The SMILES string of the molecule is CC(C)C1=CCC(O)(O)C(c2cccc(C(C)C)c2)=C1. The van der Waals surface area contributed by atoms with Crippen LogP contribution in [0.4, 0.5) is 0 Å². The van der Waals surface area contributed by atoms with Crippen molar-refractivity contribution >= 4 is 5.57 Å². The maximum Gasteiger partial charge on any atom is 0.193 e. The van der Waals surface area contributed by atoms with Crippen LogP contribution in [0.15, 0.2) is 42.0 Å². The summed E-state index contributed by atoms with van der Waals surface area (Å²) in [6.45, 7) is 8.51. The fourth-order valence-corrected chi connectivity index (χ4v) is 2.49. The molecule has 0 saturated carbocycles. The van der Waals surface area contributed by atoms with Crippen molar-refractivity contribution in [2.75, 3.05) is 0 Å². The third-order valence-electron chi connectivity index (χ3n) is 3.90. The molecule has 0 aromatic heterocycles. The Morgan fingerprint density at radius 3 is 2.35 bits per heavy atom. The first-order valence-electron chi connectivity index (χ1n) is 7.28. The van der Waals surface area contributed by atoms with E-state index in [-0.39, 0.29) is 6.42 Å². The van der Waals surface area contributed by atoms with E-state index in [0.29, 0.717) is 17.4 Å². The van der Waals surface area contributed by atoms with Gasteiger partial charge in [0, 0.05) is 12.0 Å². The number of allylic oxidation sites excluding steroid dienone is 2. The van der Waals surface area contributed by atoms with Gasteiger partial charge in [-0.1, -0.05) is 58.0 Å². The second kappa shape index (κ2) is 5.55. The summed E-state index contributed by atoms with van der Waals surface area (Å²) in [4.78, 5) is 0. The highest BCUT2D eigenvalue weighted by molar-refractivity contribution is 5.75. The van der Waals surface area contributed by atoms with Gasteiger partial charge in [0.15, 0.2) is 5.79 Å². The van der Waals surface area contributed by atoms with E-state index in [1.165, 1.54) is 5.56 Å². The molecule has 2 rings (SSSR count). The Kier molecular flexibility index (Phi) is 4.17.